The van der Waals surface area contributed by atoms with Gasteiger partial charge in [-0.15, -0.1) is 10.2 Å². The monoisotopic (exact) mass is 528 g/mol. The fourth-order valence-electron chi connectivity index (χ4n) is 4.04. The molecule has 0 spiro atoms. The number of ether oxygens (including phenoxy) is 1. The highest BCUT2D eigenvalue weighted by Gasteiger charge is 2.47. The summed E-state index contributed by atoms with van der Waals surface area (Å²) in [5.41, 5.74) is 13.3. The first kappa shape index (κ1) is 25.6. The minimum Gasteiger partial charge on any atom is -0.486 e. The molecule has 1 saturated heterocycles. The number of nitrogens with zero attached hydrogens (tertiary/aromatic N) is 5. The lowest BCUT2D eigenvalue weighted by Gasteiger charge is -2.47. The SMILES string of the molecule is C[C@@H](Oc1ccc(N)c(C(=N)c2ccc(N3CC(N)(C(=O)N(C)C)C3)nn2)c1)c1c(Cl)cncc1Cl. The molecule has 3 aromatic rings. The van der Waals surface area contributed by atoms with Gasteiger partial charge in [0.2, 0.25) is 5.91 Å². The van der Waals surface area contributed by atoms with Crippen LogP contribution in [0.3, 0.4) is 0 Å². The van der Waals surface area contributed by atoms with E-state index in [0.717, 1.165) is 0 Å². The predicted molar refractivity (Wildman–Crippen MR) is 140 cm³/mol. The lowest BCUT2D eigenvalue weighted by Crippen LogP contribution is -2.74. The maximum absolute atomic E-state index is 12.2. The van der Waals surface area contributed by atoms with Gasteiger partial charge < -0.3 is 26.0 Å². The number of carbonyl (C=O) groups is 1. The maximum Gasteiger partial charge on any atom is 0.245 e. The van der Waals surface area contributed by atoms with Gasteiger partial charge in [-0.2, -0.15) is 0 Å². The molecule has 0 aliphatic carbocycles. The van der Waals surface area contributed by atoms with Gasteiger partial charge in [0.05, 0.1) is 15.8 Å². The molecule has 3 heterocycles. The summed E-state index contributed by atoms with van der Waals surface area (Å²) in [5, 5.41) is 17.9. The molecule has 2 aromatic heterocycles. The van der Waals surface area contributed by atoms with Gasteiger partial charge in [0, 0.05) is 56.4 Å². The zero-order valence-corrected chi connectivity index (χ0v) is 21.5. The molecule has 1 aliphatic heterocycles. The number of likely N-dealkylation sites (N-methyl/N-ethyl adjacent to an activating group) is 1. The number of anilines is 2. The number of nitrogens with one attached hydrogen (secondary N) is 1. The Morgan fingerprint density at radius 3 is 2.42 bits per heavy atom. The van der Waals surface area contributed by atoms with Gasteiger partial charge in [0.1, 0.15) is 23.1 Å². The quantitative estimate of drug-likeness (QED) is 0.313. The number of carbonyl (C=O) groups excluding carboxylic acids is 1. The van der Waals surface area contributed by atoms with Crippen molar-refractivity contribution >= 4 is 46.3 Å². The van der Waals surface area contributed by atoms with E-state index in [2.05, 4.69) is 15.2 Å². The third kappa shape index (κ3) is 4.92. The van der Waals surface area contributed by atoms with Crippen LogP contribution in [0, 0.1) is 5.41 Å². The third-order valence-corrected chi connectivity index (χ3v) is 6.51. The zero-order chi connectivity index (χ0) is 26.2. The third-order valence-electron chi connectivity index (χ3n) is 5.91. The van der Waals surface area contributed by atoms with Crippen LogP contribution in [0.25, 0.3) is 0 Å². The normalized spacial score (nSPS) is 15.1. The highest BCUT2D eigenvalue weighted by molar-refractivity contribution is 6.35. The van der Waals surface area contributed by atoms with Crippen LogP contribution in [-0.4, -0.2) is 64.4 Å². The van der Waals surface area contributed by atoms with Crippen molar-refractivity contribution in [2.75, 3.05) is 37.8 Å². The summed E-state index contributed by atoms with van der Waals surface area (Å²) in [7, 11) is 3.35. The Bertz CT molecular complexity index is 1290. The van der Waals surface area contributed by atoms with E-state index in [-0.39, 0.29) is 11.6 Å². The van der Waals surface area contributed by atoms with Gasteiger partial charge >= 0.3 is 0 Å². The van der Waals surface area contributed by atoms with Gasteiger partial charge in [-0.05, 0) is 37.3 Å². The molecule has 0 saturated carbocycles. The summed E-state index contributed by atoms with van der Waals surface area (Å²) in [5.74, 6) is 0.921. The van der Waals surface area contributed by atoms with Crippen LogP contribution in [0.1, 0.15) is 29.8 Å². The first-order valence-corrected chi connectivity index (χ1v) is 11.8. The summed E-state index contributed by atoms with van der Waals surface area (Å²) in [4.78, 5) is 19.5. The molecule has 1 fully saturated rings. The van der Waals surface area contributed by atoms with Crippen LogP contribution >= 0.6 is 23.2 Å². The number of halogens is 2. The Morgan fingerprint density at radius 2 is 1.83 bits per heavy atom. The first-order valence-electron chi connectivity index (χ1n) is 11.0. The van der Waals surface area contributed by atoms with Gasteiger partial charge in [0.25, 0.3) is 0 Å². The van der Waals surface area contributed by atoms with E-state index in [1.807, 2.05) is 11.8 Å². The van der Waals surface area contributed by atoms with Crippen LogP contribution in [-0.2, 0) is 4.79 Å². The van der Waals surface area contributed by atoms with Crippen molar-refractivity contribution in [3.05, 3.63) is 69.6 Å². The second kappa shape index (κ2) is 9.88. The van der Waals surface area contributed by atoms with E-state index in [4.69, 9.17) is 44.8 Å². The average molecular weight is 529 g/mol. The molecule has 1 aromatic carbocycles. The maximum atomic E-state index is 12.2. The number of nitrogen functional groups attached to an aromatic ring is 1. The van der Waals surface area contributed by atoms with Crippen molar-refractivity contribution in [2.45, 2.75) is 18.6 Å². The van der Waals surface area contributed by atoms with Crippen LogP contribution in [0.5, 0.6) is 5.75 Å². The summed E-state index contributed by atoms with van der Waals surface area (Å²) < 4.78 is 6.04. The molecule has 0 radical (unpaired) electrons. The van der Waals surface area contributed by atoms with E-state index >= 15 is 0 Å². The number of amides is 1. The summed E-state index contributed by atoms with van der Waals surface area (Å²) in [6.45, 7) is 2.49. The van der Waals surface area contributed by atoms with Crippen LogP contribution in [0.2, 0.25) is 10.0 Å². The lowest BCUT2D eigenvalue weighted by atomic mass is 9.89. The summed E-state index contributed by atoms with van der Waals surface area (Å²) >= 11 is 12.5. The molecule has 188 valence electrons. The van der Waals surface area contributed by atoms with Crippen LogP contribution < -0.4 is 21.1 Å². The highest BCUT2D eigenvalue weighted by atomic mass is 35.5. The smallest absolute Gasteiger partial charge is 0.245 e. The molecule has 5 N–H and O–H groups in total. The van der Waals surface area contributed by atoms with E-state index in [0.29, 0.717) is 57.2 Å². The number of hydrogen-bond acceptors (Lipinski definition) is 9. The Morgan fingerprint density at radius 1 is 1.17 bits per heavy atom. The van der Waals surface area contributed by atoms with E-state index in [9.17, 15) is 4.79 Å². The van der Waals surface area contributed by atoms with Crippen LogP contribution in [0.4, 0.5) is 11.5 Å². The first-order chi connectivity index (χ1) is 17.0. The van der Waals surface area contributed by atoms with Crippen molar-refractivity contribution in [2.24, 2.45) is 5.73 Å². The van der Waals surface area contributed by atoms with Gasteiger partial charge in [0.15, 0.2) is 5.82 Å². The Labute approximate surface area is 218 Å². The number of rotatable bonds is 7. The Balaban J connectivity index is 1.48. The van der Waals surface area contributed by atoms with Crippen molar-refractivity contribution < 1.29 is 9.53 Å². The molecule has 0 unspecified atom stereocenters. The molecule has 10 nitrogen and oxygen atoms in total. The molecule has 1 amide bonds. The number of benzene rings is 1. The predicted octanol–water partition coefficient (Wildman–Crippen LogP) is 2.92. The second-order valence-corrected chi connectivity index (χ2v) is 9.70. The zero-order valence-electron chi connectivity index (χ0n) is 20.0. The fourth-order valence-corrected chi connectivity index (χ4v) is 4.71. The molecule has 12 heteroatoms. The molecule has 36 heavy (non-hydrogen) atoms. The minimum absolute atomic E-state index is 0.0872. The molecule has 4 rings (SSSR count). The standard InChI is InChI=1S/C24H26Cl2N8O2/c1-13(21-16(25)9-30-10-17(21)26)36-14-4-5-18(27)15(8-14)22(28)19-6-7-20(32-31-19)34-11-24(29,12-34)23(35)33(2)3/h4-10,13,28H,11-12,27,29H2,1-3H3/t13-/m1/s1. The topological polar surface area (TPSA) is 147 Å². The molecule has 1 atom stereocenters. The number of hydrogen-bond donors (Lipinski definition) is 3. The van der Waals surface area contributed by atoms with Crippen molar-refractivity contribution in [3.8, 4) is 5.75 Å². The summed E-state index contributed by atoms with van der Waals surface area (Å²) in [6.07, 6.45) is 2.54. The number of pyridine rings is 1. The second-order valence-electron chi connectivity index (χ2n) is 8.89. The molecular formula is C24H26Cl2N8O2. The van der Waals surface area contributed by atoms with E-state index < -0.39 is 11.6 Å². The van der Waals surface area contributed by atoms with Gasteiger partial charge in [-0.1, -0.05) is 23.2 Å². The summed E-state index contributed by atoms with van der Waals surface area (Å²) in [6, 6.07) is 8.45. The van der Waals surface area contributed by atoms with Gasteiger partial charge in [-0.3, -0.25) is 15.2 Å². The highest BCUT2D eigenvalue weighted by Crippen LogP contribution is 2.33. The fraction of sp³-hybridized carbons (Fsp3) is 0.292. The number of nitrogens with two attached hydrogens (primary N) is 2. The van der Waals surface area contributed by atoms with E-state index in [1.54, 1.807) is 44.4 Å². The number of aromatic nitrogens is 3. The lowest BCUT2D eigenvalue weighted by molar-refractivity contribution is -0.135. The Hall–Kier alpha value is -3.47. The minimum atomic E-state index is -0.937. The average Bonchev–Trinajstić information content (AvgIpc) is 2.82. The largest absolute Gasteiger partial charge is 0.486 e. The molecule has 1 aliphatic rings. The van der Waals surface area contributed by atoms with Crippen molar-refractivity contribution in [3.63, 3.8) is 0 Å². The van der Waals surface area contributed by atoms with E-state index in [1.165, 1.54) is 17.3 Å². The van der Waals surface area contributed by atoms with Crippen molar-refractivity contribution in [1.29, 1.82) is 5.41 Å². The van der Waals surface area contributed by atoms with Crippen LogP contribution in [0.15, 0.2) is 42.7 Å². The molecular weight excluding hydrogens is 503 g/mol. The molecule has 0 bridgehead atoms. The Kier molecular flexibility index (Phi) is 7.03. The van der Waals surface area contributed by atoms with Gasteiger partial charge in [-0.25, -0.2) is 0 Å². The van der Waals surface area contributed by atoms with Crippen molar-refractivity contribution in [1.82, 2.24) is 20.1 Å².